The molecule has 0 bridgehead atoms. The van der Waals surface area contributed by atoms with Gasteiger partial charge in [-0.15, -0.1) is 0 Å². The Balaban J connectivity index is 1.65. The number of anilines is 1. The maximum Gasteiger partial charge on any atom is 0.240 e. The number of nitrogens with one attached hydrogen (secondary N) is 2. The Morgan fingerprint density at radius 3 is 2.32 bits per heavy atom. The lowest BCUT2D eigenvalue weighted by molar-refractivity contribution is -0.121. The van der Waals surface area contributed by atoms with Gasteiger partial charge in [0, 0.05) is 28.0 Å². The van der Waals surface area contributed by atoms with E-state index in [1.807, 2.05) is 12.1 Å². The zero-order chi connectivity index (χ0) is 18.1. The van der Waals surface area contributed by atoms with Crippen LogP contribution in [-0.4, -0.2) is 18.0 Å². The molecule has 7 heteroatoms. The molecule has 0 spiro atoms. The van der Waals surface area contributed by atoms with Crippen LogP contribution in [0.3, 0.4) is 0 Å². The van der Waals surface area contributed by atoms with Crippen LogP contribution in [0.5, 0.6) is 0 Å². The molecule has 5 nitrogen and oxygen atoms in total. The normalized spacial score (nSPS) is 10.6. The SMILES string of the molecule is O=C(CCCC(=O)Nc1ccc(Br)cc1)NN=Cc1ccc(Cl)cc1. The topological polar surface area (TPSA) is 70.6 Å². The molecule has 130 valence electrons. The minimum atomic E-state index is -0.235. The fourth-order valence-corrected chi connectivity index (χ4v) is 2.34. The van der Waals surface area contributed by atoms with Crippen molar-refractivity contribution in [3.63, 3.8) is 0 Å². The Morgan fingerprint density at radius 1 is 1.00 bits per heavy atom. The number of halogens is 2. The predicted molar refractivity (Wildman–Crippen MR) is 104 cm³/mol. The molecule has 2 aromatic carbocycles. The number of hydrogen-bond acceptors (Lipinski definition) is 3. The summed E-state index contributed by atoms with van der Waals surface area (Å²) in [5, 5.41) is 7.29. The highest BCUT2D eigenvalue weighted by Gasteiger charge is 2.05. The maximum absolute atomic E-state index is 11.8. The summed E-state index contributed by atoms with van der Waals surface area (Å²) in [7, 11) is 0. The second-order valence-electron chi connectivity index (χ2n) is 5.25. The van der Waals surface area contributed by atoms with E-state index in [4.69, 9.17) is 11.6 Å². The molecule has 25 heavy (non-hydrogen) atoms. The molecule has 2 rings (SSSR count). The molecule has 2 N–H and O–H groups in total. The van der Waals surface area contributed by atoms with Gasteiger partial charge in [0.05, 0.1) is 6.21 Å². The molecule has 0 aliphatic heterocycles. The third kappa shape index (κ3) is 7.49. The third-order valence-corrected chi connectivity index (χ3v) is 3.99. The molecule has 0 saturated carbocycles. The largest absolute Gasteiger partial charge is 0.326 e. The fraction of sp³-hybridized carbons (Fsp3) is 0.167. The molecule has 0 heterocycles. The first-order valence-electron chi connectivity index (χ1n) is 7.66. The zero-order valence-electron chi connectivity index (χ0n) is 13.3. The van der Waals surface area contributed by atoms with Gasteiger partial charge in [-0.05, 0) is 48.4 Å². The number of rotatable bonds is 7. The molecule has 0 saturated heterocycles. The lowest BCUT2D eigenvalue weighted by Gasteiger charge is -2.05. The Morgan fingerprint density at radius 2 is 1.64 bits per heavy atom. The smallest absolute Gasteiger partial charge is 0.240 e. The van der Waals surface area contributed by atoms with Crippen LogP contribution in [0.15, 0.2) is 58.1 Å². The molecule has 2 amide bonds. The van der Waals surface area contributed by atoms with Gasteiger partial charge in [-0.2, -0.15) is 5.10 Å². The molecule has 0 unspecified atom stereocenters. The van der Waals surface area contributed by atoms with Crippen LogP contribution in [0, 0.1) is 0 Å². The predicted octanol–water partition coefficient (Wildman–Crippen LogP) is 4.36. The summed E-state index contributed by atoms with van der Waals surface area (Å²) in [6, 6.07) is 14.4. The number of benzene rings is 2. The van der Waals surface area contributed by atoms with E-state index in [-0.39, 0.29) is 24.7 Å². The Bertz CT molecular complexity index is 746. The first-order valence-corrected chi connectivity index (χ1v) is 8.83. The van der Waals surface area contributed by atoms with E-state index >= 15 is 0 Å². The van der Waals surface area contributed by atoms with Gasteiger partial charge in [0.15, 0.2) is 0 Å². The van der Waals surface area contributed by atoms with Gasteiger partial charge in [0.1, 0.15) is 0 Å². The van der Waals surface area contributed by atoms with Gasteiger partial charge >= 0.3 is 0 Å². The van der Waals surface area contributed by atoms with E-state index in [9.17, 15) is 9.59 Å². The summed E-state index contributed by atoms with van der Waals surface area (Å²) in [6.07, 6.45) is 2.48. The highest BCUT2D eigenvalue weighted by Crippen LogP contribution is 2.14. The van der Waals surface area contributed by atoms with E-state index in [0.29, 0.717) is 11.4 Å². The molecular weight excluding hydrogens is 406 g/mol. The summed E-state index contributed by atoms with van der Waals surface area (Å²) in [5.41, 5.74) is 4.00. The molecular formula is C18H17BrClN3O2. The molecule has 0 radical (unpaired) electrons. The quantitative estimate of drug-likeness (QED) is 0.514. The van der Waals surface area contributed by atoms with Crippen LogP contribution in [0.25, 0.3) is 0 Å². The van der Waals surface area contributed by atoms with Crippen molar-refractivity contribution in [1.82, 2.24) is 5.43 Å². The van der Waals surface area contributed by atoms with Crippen molar-refractivity contribution in [2.45, 2.75) is 19.3 Å². The Hall–Kier alpha value is -2.18. The molecule has 0 aliphatic carbocycles. The molecule has 0 atom stereocenters. The van der Waals surface area contributed by atoms with Crippen LogP contribution in [0.2, 0.25) is 5.02 Å². The van der Waals surface area contributed by atoms with E-state index in [0.717, 1.165) is 15.7 Å². The van der Waals surface area contributed by atoms with Crippen LogP contribution < -0.4 is 10.7 Å². The number of carbonyl (C=O) groups excluding carboxylic acids is 2. The summed E-state index contributed by atoms with van der Waals surface area (Å²) < 4.78 is 0.946. The van der Waals surface area contributed by atoms with Crippen molar-refractivity contribution in [1.29, 1.82) is 0 Å². The average Bonchev–Trinajstić information content (AvgIpc) is 2.59. The summed E-state index contributed by atoms with van der Waals surface area (Å²) in [4.78, 5) is 23.5. The van der Waals surface area contributed by atoms with E-state index in [2.05, 4.69) is 31.8 Å². The number of hydrazone groups is 1. The average molecular weight is 423 g/mol. The Labute approximate surface area is 159 Å². The standard InChI is InChI=1S/C18H17BrClN3O2/c19-14-6-10-16(11-7-14)22-17(24)2-1-3-18(25)23-21-12-13-4-8-15(20)9-5-13/h4-12H,1-3H2,(H,22,24)(H,23,25). The van der Waals surface area contributed by atoms with Gasteiger partial charge in [-0.3, -0.25) is 9.59 Å². The van der Waals surface area contributed by atoms with E-state index in [1.165, 1.54) is 6.21 Å². The van der Waals surface area contributed by atoms with Crippen molar-refractivity contribution in [3.05, 3.63) is 63.6 Å². The highest BCUT2D eigenvalue weighted by atomic mass is 79.9. The monoisotopic (exact) mass is 421 g/mol. The summed E-state index contributed by atoms with van der Waals surface area (Å²) >= 11 is 9.12. The maximum atomic E-state index is 11.8. The summed E-state index contributed by atoms with van der Waals surface area (Å²) in [5.74, 6) is -0.360. The van der Waals surface area contributed by atoms with Crippen molar-refractivity contribution in [2.24, 2.45) is 5.10 Å². The van der Waals surface area contributed by atoms with Gasteiger partial charge in [-0.1, -0.05) is 39.7 Å². The lowest BCUT2D eigenvalue weighted by Crippen LogP contribution is -2.18. The minimum Gasteiger partial charge on any atom is -0.326 e. The van der Waals surface area contributed by atoms with Crippen LogP contribution in [0.4, 0.5) is 5.69 Å². The van der Waals surface area contributed by atoms with Gasteiger partial charge in [0.2, 0.25) is 11.8 Å². The van der Waals surface area contributed by atoms with Crippen molar-refractivity contribution in [3.8, 4) is 0 Å². The molecule has 0 fully saturated rings. The van der Waals surface area contributed by atoms with Crippen LogP contribution in [-0.2, 0) is 9.59 Å². The molecule has 2 aromatic rings. The fourth-order valence-electron chi connectivity index (χ4n) is 1.95. The Kier molecular flexibility index (Phi) is 7.63. The summed E-state index contributed by atoms with van der Waals surface area (Å²) in [6.45, 7) is 0. The van der Waals surface area contributed by atoms with Gasteiger partial charge in [-0.25, -0.2) is 5.43 Å². The van der Waals surface area contributed by atoms with Gasteiger partial charge < -0.3 is 5.32 Å². The van der Waals surface area contributed by atoms with Crippen LogP contribution in [0.1, 0.15) is 24.8 Å². The van der Waals surface area contributed by atoms with E-state index < -0.39 is 0 Å². The molecule has 0 aliphatic rings. The second kappa shape index (κ2) is 9.96. The van der Waals surface area contributed by atoms with E-state index in [1.54, 1.807) is 36.4 Å². The van der Waals surface area contributed by atoms with Crippen LogP contribution >= 0.6 is 27.5 Å². The van der Waals surface area contributed by atoms with Gasteiger partial charge in [0.25, 0.3) is 0 Å². The highest BCUT2D eigenvalue weighted by molar-refractivity contribution is 9.10. The second-order valence-corrected chi connectivity index (χ2v) is 6.61. The first kappa shape index (κ1) is 19.1. The number of nitrogens with zero attached hydrogens (tertiary/aromatic N) is 1. The van der Waals surface area contributed by atoms with Crippen molar-refractivity contribution < 1.29 is 9.59 Å². The molecule has 0 aromatic heterocycles. The number of carbonyl (C=O) groups is 2. The zero-order valence-corrected chi connectivity index (χ0v) is 15.7. The first-order chi connectivity index (χ1) is 12.0. The minimum absolute atomic E-state index is 0.125. The lowest BCUT2D eigenvalue weighted by atomic mass is 10.2. The number of amides is 2. The van der Waals surface area contributed by atoms with Crippen molar-refractivity contribution in [2.75, 3.05) is 5.32 Å². The third-order valence-electron chi connectivity index (χ3n) is 3.21. The number of hydrogen-bond donors (Lipinski definition) is 2. The van der Waals surface area contributed by atoms with Crippen molar-refractivity contribution >= 4 is 51.2 Å².